The minimum atomic E-state index is -1.17. The van der Waals surface area contributed by atoms with Crippen LogP contribution < -0.4 is 10.6 Å². The van der Waals surface area contributed by atoms with Crippen LogP contribution in [0, 0.1) is 10.1 Å². The van der Waals surface area contributed by atoms with Gasteiger partial charge >= 0.3 is 11.8 Å². The summed E-state index contributed by atoms with van der Waals surface area (Å²) < 4.78 is 1.29. The van der Waals surface area contributed by atoms with E-state index >= 15 is 0 Å². The van der Waals surface area contributed by atoms with E-state index in [1.54, 1.807) is 5.38 Å². The molecule has 0 radical (unpaired) electrons. The fourth-order valence-electron chi connectivity index (χ4n) is 1.47. The number of aliphatic carboxylic acids is 1. The standard InChI is InChI=1S/C9H9N5O5S/c15-5(10-4-6(16)17)3-11-7-8(14(18)19)13-1-2-20-9(13)12-7/h1-2,11H,3-4H2,(H,10,15)(H,16,17). The highest BCUT2D eigenvalue weighted by atomic mass is 32.1. The van der Waals surface area contributed by atoms with Gasteiger partial charge in [-0.3, -0.25) is 9.59 Å². The van der Waals surface area contributed by atoms with Crippen LogP contribution >= 0.6 is 11.3 Å². The molecule has 3 N–H and O–H groups in total. The summed E-state index contributed by atoms with van der Waals surface area (Å²) in [4.78, 5) is 36.4. The SMILES string of the molecule is O=C(O)CNC(=O)CNc1nc2sccn2c1[N+](=O)[O-]. The highest BCUT2D eigenvalue weighted by molar-refractivity contribution is 7.15. The summed E-state index contributed by atoms with van der Waals surface area (Å²) in [6.45, 7) is -0.820. The van der Waals surface area contributed by atoms with Crippen molar-refractivity contribution in [2.45, 2.75) is 0 Å². The molecule has 20 heavy (non-hydrogen) atoms. The van der Waals surface area contributed by atoms with Crippen molar-refractivity contribution in [1.29, 1.82) is 0 Å². The molecule has 11 heteroatoms. The summed E-state index contributed by atoms with van der Waals surface area (Å²) >= 11 is 1.22. The first-order valence-electron chi connectivity index (χ1n) is 5.31. The fourth-order valence-corrected chi connectivity index (χ4v) is 2.18. The molecule has 10 nitrogen and oxygen atoms in total. The van der Waals surface area contributed by atoms with Gasteiger partial charge in [0.05, 0.1) is 6.54 Å². The second-order valence-corrected chi connectivity index (χ2v) is 4.49. The Labute approximate surface area is 115 Å². The number of nitrogens with one attached hydrogen (secondary N) is 2. The van der Waals surface area contributed by atoms with Crippen LogP contribution in [0.2, 0.25) is 0 Å². The Morgan fingerprint density at radius 1 is 1.50 bits per heavy atom. The van der Waals surface area contributed by atoms with E-state index < -0.39 is 23.3 Å². The van der Waals surface area contributed by atoms with Crippen LogP contribution in [0.5, 0.6) is 0 Å². The van der Waals surface area contributed by atoms with E-state index in [4.69, 9.17) is 5.11 Å². The molecule has 2 aromatic rings. The Hall–Kier alpha value is -2.69. The molecule has 1 amide bonds. The predicted octanol–water partition coefficient (Wildman–Crippen LogP) is -0.0833. The lowest BCUT2D eigenvalue weighted by Crippen LogP contribution is -2.34. The highest BCUT2D eigenvalue weighted by Crippen LogP contribution is 2.27. The molecule has 0 aliphatic heterocycles. The molecule has 0 fully saturated rings. The zero-order valence-corrected chi connectivity index (χ0v) is 10.7. The van der Waals surface area contributed by atoms with Gasteiger partial charge < -0.3 is 25.9 Å². The number of aromatic nitrogens is 2. The van der Waals surface area contributed by atoms with Crippen LogP contribution in [0.4, 0.5) is 11.6 Å². The number of carbonyl (C=O) groups excluding carboxylic acids is 1. The van der Waals surface area contributed by atoms with E-state index in [1.165, 1.54) is 21.9 Å². The van der Waals surface area contributed by atoms with Crippen molar-refractivity contribution in [3.63, 3.8) is 0 Å². The molecule has 0 saturated carbocycles. The summed E-state index contributed by atoms with van der Waals surface area (Å²) in [5.74, 6) is -2.08. The van der Waals surface area contributed by atoms with Crippen molar-refractivity contribution in [2.24, 2.45) is 0 Å². The second-order valence-electron chi connectivity index (χ2n) is 3.62. The molecular formula is C9H9N5O5S. The van der Waals surface area contributed by atoms with Crippen LogP contribution in [-0.4, -0.2) is 44.4 Å². The number of imidazole rings is 1. The van der Waals surface area contributed by atoms with E-state index in [9.17, 15) is 19.7 Å². The molecule has 0 aromatic carbocycles. The summed E-state index contributed by atoms with van der Waals surface area (Å²) in [7, 11) is 0. The van der Waals surface area contributed by atoms with Gasteiger partial charge in [0.2, 0.25) is 11.7 Å². The molecule has 106 valence electrons. The van der Waals surface area contributed by atoms with Crippen molar-refractivity contribution in [3.05, 3.63) is 21.7 Å². The van der Waals surface area contributed by atoms with Crippen LogP contribution in [-0.2, 0) is 9.59 Å². The molecule has 0 aliphatic rings. The second kappa shape index (κ2) is 5.52. The number of nitro groups is 1. The molecule has 0 aliphatic carbocycles. The summed E-state index contributed by atoms with van der Waals surface area (Å²) in [5.41, 5.74) is 0. The fraction of sp³-hybridized carbons (Fsp3) is 0.222. The minimum absolute atomic E-state index is 0.0349. The lowest BCUT2D eigenvalue weighted by molar-refractivity contribution is -0.389. The normalized spacial score (nSPS) is 10.4. The zero-order valence-electron chi connectivity index (χ0n) is 9.90. The number of nitrogens with zero attached hydrogens (tertiary/aromatic N) is 3. The average molecular weight is 299 g/mol. The van der Waals surface area contributed by atoms with Gasteiger partial charge in [0.15, 0.2) is 0 Å². The maximum Gasteiger partial charge on any atom is 0.372 e. The summed E-state index contributed by atoms with van der Waals surface area (Å²) in [5, 5.41) is 25.7. The third kappa shape index (κ3) is 2.83. The van der Waals surface area contributed by atoms with Crippen molar-refractivity contribution in [3.8, 4) is 0 Å². The lowest BCUT2D eigenvalue weighted by Gasteiger charge is -2.03. The lowest BCUT2D eigenvalue weighted by atomic mass is 10.5. The van der Waals surface area contributed by atoms with E-state index in [2.05, 4.69) is 15.6 Å². The van der Waals surface area contributed by atoms with E-state index in [1.807, 2.05) is 0 Å². The van der Waals surface area contributed by atoms with Crippen LogP contribution in [0.1, 0.15) is 0 Å². The van der Waals surface area contributed by atoms with Crippen LogP contribution in [0.15, 0.2) is 11.6 Å². The molecule has 0 saturated heterocycles. The maximum atomic E-state index is 11.3. The van der Waals surface area contributed by atoms with Crippen LogP contribution in [0.25, 0.3) is 4.96 Å². The molecule has 2 rings (SSSR count). The number of amides is 1. The molecular weight excluding hydrogens is 290 g/mol. The van der Waals surface area contributed by atoms with Gasteiger partial charge in [-0.25, -0.2) is 0 Å². The third-order valence-electron chi connectivity index (χ3n) is 2.26. The number of rotatable bonds is 6. The maximum absolute atomic E-state index is 11.3. The minimum Gasteiger partial charge on any atom is -0.480 e. The Bertz CT molecular complexity index is 677. The van der Waals surface area contributed by atoms with Gasteiger partial charge in [-0.1, -0.05) is 11.3 Å². The average Bonchev–Trinajstić information content (AvgIpc) is 2.92. The Balaban J connectivity index is 2.08. The highest BCUT2D eigenvalue weighted by Gasteiger charge is 2.23. The molecule has 0 spiro atoms. The van der Waals surface area contributed by atoms with Gasteiger partial charge in [0.25, 0.3) is 4.96 Å². The number of hydrogen-bond donors (Lipinski definition) is 3. The van der Waals surface area contributed by atoms with Gasteiger partial charge in [-0.15, -0.1) is 0 Å². The van der Waals surface area contributed by atoms with E-state index in [0.29, 0.717) is 4.96 Å². The molecule has 2 aromatic heterocycles. The number of hydrogen-bond acceptors (Lipinski definition) is 7. The number of carbonyl (C=O) groups is 2. The molecule has 0 unspecified atom stereocenters. The van der Waals surface area contributed by atoms with Gasteiger partial charge in [-0.05, 0) is 4.92 Å². The summed E-state index contributed by atoms with van der Waals surface area (Å²) in [6.07, 6.45) is 1.50. The molecule has 0 bridgehead atoms. The van der Waals surface area contributed by atoms with Crippen molar-refractivity contribution in [1.82, 2.24) is 14.7 Å². The number of carboxylic acids is 1. The Kier molecular flexibility index (Phi) is 3.79. The first kappa shape index (κ1) is 13.7. The van der Waals surface area contributed by atoms with Gasteiger partial charge in [-0.2, -0.15) is 9.38 Å². The molecule has 0 atom stereocenters. The third-order valence-corrected chi connectivity index (χ3v) is 3.02. The predicted molar refractivity (Wildman–Crippen MR) is 68.9 cm³/mol. The van der Waals surface area contributed by atoms with Crippen molar-refractivity contribution < 1.29 is 19.6 Å². The van der Waals surface area contributed by atoms with E-state index in [-0.39, 0.29) is 18.2 Å². The number of thiazole rings is 1. The largest absolute Gasteiger partial charge is 0.480 e. The van der Waals surface area contributed by atoms with Crippen molar-refractivity contribution in [2.75, 3.05) is 18.4 Å². The zero-order chi connectivity index (χ0) is 14.7. The topological polar surface area (TPSA) is 139 Å². The first-order valence-corrected chi connectivity index (χ1v) is 6.19. The number of anilines is 1. The summed E-state index contributed by atoms with van der Waals surface area (Å²) in [6, 6.07) is 0. The monoisotopic (exact) mass is 299 g/mol. The quantitative estimate of drug-likeness (QED) is 0.500. The van der Waals surface area contributed by atoms with Gasteiger partial charge in [0, 0.05) is 5.38 Å². The van der Waals surface area contributed by atoms with E-state index in [0.717, 1.165) is 0 Å². The first-order chi connectivity index (χ1) is 9.49. The van der Waals surface area contributed by atoms with Crippen molar-refractivity contribution >= 4 is 39.8 Å². The number of carboxylic acid groups (broad SMARTS) is 1. The van der Waals surface area contributed by atoms with Crippen LogP contribution in [0.3, 0.4) is 0 Å². The van der Waals surface area contributed by atoms with Gasteiger partial charge in [0.1, 0.15) is 12.7 Å². The smallest absolute Gasteiger partial charge is 0.372 e. The molecule has 2 heterocycles. The Morgan fingerprint density at radius 3 is 2.90 bits per heavy atom. The number of fused-ring (bicyclic) bond motifs is 1. The Morgan fingerprint density at radius 2 is 2.25 bits per heavy atom.